The minimum atomic E-state index is -0.192. The molecule has 0 spiro atoms. The normalized spacial score (nSPS) is 10.7. The first-order valence-corrected chi connectivity index (χ1v) is 9.47. The molecule has 0 fully saturated rings. The van der Waals surface area contributed by atoms with Crippen molar-refractivity contribution in [3.05, 3.63) is 89.0 Å². The van der Waals surface area contributed by atoms with E-state index in [0.29, 0.717) is 30.0 Å². The van der Waals surface area contributed by atoms with E-state index in [1.54, 1.807) is 61.8 Å². The number of nitrogens with one attached hydrogen (secondary N) is 2. The molecule has 8 heteroatoms. The lowest BCUT2D eigenvalue weighted by atomic mass is 10.2. The molecule has 0 bridgehead atoms. The topological polar surface area (TPSA) is 89.7 Å². The summed E-state index contributed by atoms with van der Waals surface area (Å²) in [5.74, 6) is 0.539. The molecular weight excluding hydrogens is 382 g/mol. The number of pyridine rings is 1. The van der Waals surface area contributed by atoms with Crippen molar-refractivity contribution in [2.75, 3.05) is 24.3 Å². The highest BCUT2D eigenvalue weighted by Crippen LogP contribution is 2.16. The predicted molar refractivity (Wildman–Crippen MR) is 115 cm³/mol. The lowest BCUT2D eigenvalue weighted by Gasteiger charge is -2.08. The van der Waals surface area contributed by atoms with Crippen molar-refractivity contribution in [2.45, 2.75) is 6.54 Å². The fraction of sp³-hybridized carbons (Fsp3) is 0.136. The van der Waals surface area contributed by atoms with Crippen molar-refractivity contribution in [1.82, 2.24) is 14.2 Å². The van der Waals surface area contributed by atoms with Crippen LogP contribution in [0.3, 0.4) is 0 Å². The third-order valence-corrected chi connectivity index (χ3v) is 4.64. The highest BCUT2D eigenvalue weighted by molar-refractivity contribution is 6.04. The minimum Gasteiger partial charge on any atom is -0.497 e. The van der Waals surface area contributed by atoms with Crippen LogP contribution in [0.1, 0.15) is 10.4 Å². The maximum atomic E-state index is 12.4. The number of ether oxygens (including phenoxy) is 1. The van der Waals surface area contributed by atoms with Crippen LogP contribution < -0.4 is 21.1 Å². The molecule has 0 radical (unpaired) electrons. The van der Waals surface area contributed by atoms with Crippen LogP contribution in [0.4, 0.5) is 11.4 Å². The van der Waals surface area contributed by atoms with Crippen molar-refractivity contribution >= 4 is 22.9 Å². The molecule has 0 atom stereocenters. The van der Waals surface area contributed by atoms with Gasteiger partial charge in [0.15, 0.2) is 5.65 Å². The molecule has 0 aliphatic rings. The zero-order valence-electron chi connectivity index (χ0n) is 16.4. The highest BCUT2D eigenvalue weighted by atomic mass is 16.5. The predicted octanol–water partition coefficient (Wildman–Crippen LogP) is 2.87. The lowest BCUT2D eigenvalue weighted by Crippen LogP contribution is -2.24. The Morgan fingerprint density at radius 2 is 1.73 bits per heavy atom. The lowest BCUT2D eigenvalue weighted by molar-refractivity contribution is 0.102. The Bertz CT molecular complexity index is 1210. The van der Waals surface area contributed by atoms with Gasteiger partial charge in [-0.3, -0.25) is 9.20 Å². The second-order valence-electron chi connectivity index (χ2n) is 6.62. The first-order valence-electron chi connectivity index (χ1n) is 9.47. The van der Waals surface area contributed by atoms with Gasteiger partial charge in [0.05, 0.1) is 13.7 Å². The number of hydrogen-bond acceptors (Lipinski definition) is 5. The average molecular weight is 403 g/mol. The Balaban J connectivity index is 1.33. The summed E-state index contributed by atoms with van der Waals surface area (Å²) in [5.41, 5.74) is 2.55. The average Bonchev–Trinajstić information content (AvgIpc) is 3.10. The fourth-order valence-electron chi connectivity index (χ4n) is 3.04. The first-order chi connectivity index (χ1) is 14.6. The van der Waals surface area contributed by atoms with E-state index in [-0.39, 0.29) is 11.6 Å². The molecule has 0 saturated carbocycles. The summed E-state index contributed by atoms with van der Waals surface area (Å²) >= 11 is 0. The number of methoxy groups -OCH3 is 1. The number of carbonyl (C=O) groups is 1. The van der Waals surface area contributed by atoms with Gasteiger partial charge >= 0.3 is 5.69 Å². The highest BCUT2D eigenvalue weighted by Gasteiger charge is 2.07. The van der Waals surface area contributed by atoms with Crippen LogP contribution in [-0.4, -0.2) is 33.7 Å². The van der Waals surface area contributed by atoms with Crippen LogP contribution in [0.2, 0.25) is 0 Å². The summed E-state index contributed by atoms with van der Waals surface area (Å²) in [5, 5.41) is 10.4. The van der Waals surface area contributed by atoms with E-state index in [9.17, 15) is 9.59 Å². The summed E-state index contributed by atoms with van der Waals surface area (Å²) in [7, 11) is 1.60. The quantitative estimate of drug-likeness (QED) is 0.495. The molecule has 4 aromatic rings. The molecular formula is C22H21N5O3. The number of benzene rings is 2. The molecule has 2 heterocycles. The number of anilines is 2. The van der Waals surface area contributed by atoms with E-state index < -0.39 is 0 Å². The standard InChI is InChI=1S/C22H21N5O3/c1-30-19-11-9-18(10-12-19)24-21(28)16-5-7-17(8-6-16)23-13-15-27-22(29)26-14-3-2-4-20(26)25-27/h2-12,14,23H,13,15H2,1H3,(H,24,28). The molecule has 0 aliphatic heterocycles. The Morgan fingerprint density at radius 1 is 1.00 bits per heavy atom. The van der Waals surface area contributed by atoms with Gasteiger partial charge in [-0.1, -0.05) is 6.07 Å². The van der Waals surface area contributed by atoms with Crippen molar-refractivity contribution in [1.29, 1.82) is 0 Å². The van der Waals surface area contributed by atoms with E-state index in [1.807, 2.05) is 18.2 Å². The summed E-state index contributed by atoms with van der Waals surface area (Å²) < 4.78 is 8.05. The van der Waals surface area contributed by atoms with Gasteiger partial charge in [0, 0.05) is 29.7 Å². The molecule has 8 nitrogen and oxygen atoms in total. The van der Waals surface area contributed by atoms with Crippen molar-refractivity contribution < 1.29 is 9.53 Å². The monoisotopic (exact) mass is 403 g/mol. The van der Waals surface area contributed by atoms with Gasteiger partial charge in [-0.15, -0.1) is 5.10 Å². The van der Waals surface area contributed by atoms with Gasteiger partial charge in [0.25, 0.3) is 5.91 Å². The van der Waals surface area contributed by atoms with Gasteiger partial charge in [0.2, 0.25) is 0 Å². The van der Waals surface area contributed by atoms with Crippen LogP contribution in [-0.2, 0) is 6.54 Å². The summed E-state index contributed by atoms with van der Waals surface area (Å²) in [6.45, 7) is 0.960. The molecule has 4 rings (SSSR count). The first kappa shape index (κ1) is 19.3. The molecule has 1 amide bonds. The zero-order valence-corrected chi connectivity index (χ0v) is 16.4. The third kappa shape index (κ3) is 4.17. The van der Waals surface area contributed by atoms with Crippen molar-refractivity contribution in [3.63, 3.8) is 0 Å². The molecule has 152 valence electrons. The number of rotatable bonds is 7. The van der Waals surface area contributed by atoms with Crippen LogP contribution >= 0.6 is 0 Å². The molecule has 0 unspecified atom stereocenters. The van der Waals surface area contributed by atoms with E-state index in [1.165, 1.54) is 9.08 Å². The summed E-state index contributed by atoms with van der Waals surface area (Å²) in [4.78, 5) is 24.7. The zero-order chi connectivity index (χ0) is 20.9. The maximum absolute atomic E-state index is 12.4. The Morgan fingerprint density at radius 3 is 2.43 bits per heavy atom. The molecule has 2 aromatic carbocycles. The number of aromatic nitrogens is 3. The minimum absolute atomic E-state index is 0.169. The maximum Gasteiger partial charge on any atom is 0.350 e. The second kappa shape index (κ2) is 8.52. The van der Waals surface area contributed by atoms with Gasteiger partial charge in [-0.2, -0.15) is 0 Å². The number of fused-ring (bicyclic) bond motifs is 1. The molecule has 2 N–H and O–H groups in total. The SMILES string of the molecule is COc1ccc(NC(=O)c2ccc(NCCn3nc4ccccn4c3=O)cc2)cc1. The molecule has 2 aromatic heterocycles. The van der Waals surface area contributed by atoms with Gasteiger partial charge in [-0.25, -0.2) is 9.48 Å². The van der Waals surface area contributed by atoms with Crippen molar-refractivity contribution in [3.8, 4) is 5.75 Å². The smallest absolute Gasteiger partial charge is 0.350 e. The summed E-state index contributed by atoms with van der Waals surface area (Å²) in [6, 6.07) is 19.7. The van der Waals surface area contributed by atoms with E-state index in [2.05, 4.69) is 15.7 Å². The molecule has 0 saturated heterocycles. The van der Waals surface area contributed by atoms with E-state index in [4.69, 9.17) is 4.74 Å². The van der Waals surface area contributed by atoms with Gasteiger partial charge in [0.1, 0.15) is 5.75 Å². The summed E-state index contributed by atoms with van der Waals surface area (Å²) in [6.07, 6.45) is 1.70. The van der Waals surface area contributed by atoms with E-state index >= 15 is 0 Å². The van der Waals surface area contributed by atoms with Gasteiger partial charge in [-0.05, 0) is 60.7 Å². The van der Waals surface area contributed by atoms with Crippen molar-refractivity contribution in [2.24, 2.45) is 0 Å². The molecule has 0 aliphatic carbocycles. The van der Waals surface area contributed by atoms with Crippen LogP contribution in [0.25, 0.3) is 5.65 Å². The number of hydrogen-bond donors (Lipinski definition) is 2. The van der Waals surface area contributed by atoms with Crippen LogP contribution in [0, 0.1) is 0 Å². The second-order valence-corrected chi connectivity index (χ2v) is 6.62. The number of amides is 1. The third-order valence-electron chi connectivity index (χ3n) is 4.64. The van der Waals surface area contributed by atoms with Crippen LogP contribution in [0.5, 0.6) is 5.75 Å². The number of carbonyl (C=O) groups excluding carboxylic acids is 1. The Labute approximate surface area is 172 Å². The fourth-order valence-corrected chi connectivity index (χ4v) is 3.04. The number of nitrogens with zero attached hydrogens (tertiary/aromatic N) is 3. The molecule has 30 heavy (non-hydrogen) atoms. The Kier molecular flexibility index (Phi) is 5.47. The largest absolute Gasteiger partial charge is 0.497 e. The van der Waals surface area contributed by atoms with Crippen LogP contribution in [0.15, 0.2) is 77.7 Å². The Hall–Kier alpha value is -4.07. The van der Waals surface area contributed by atoms with Gasteiger partial charge < -0.3 is 15.4 Å². The van der Waals surface area contributed by atoms with E-state index in [0.717, 1.165) is 11.4 Å².